The molecule has 2 aromatic carbocycles. The maximum atomic E-state index is 14.2. The average molecular weight is 662 g/mol. The summed E-state index contributed by atoms with van der Waals surface area (Å²) in [5.41, 5.74) is 6.35. The number of nitrogens with two attached hydrogens (primary N) is 1. The van der Waals surface area contributed by atoms with Gasteiger partial charge in [-0.25, -0.2) is 18.0 Å². The predicted octanol–water partition coefficient (Wildman–Crippen LogP) is 2.66. The Hall–Kier alpha value is -3.43. The number of carbonyl (C=O) groups is 2. The van der Waals surface area contributed by atoms with Crippen molar-refractivity contribution < 1.29 is 37.7 Å². The van der Waals surface area contributed by atoms with Gasteiger partial charge >= 0.3 is 12.1 Å². The second-order valence-corrected chi connectivity index (χ2v) is 15.0. The first-order chi connectivity index (χ1) is 21.7. The van der Waals surface area contributed by atoms with E-state index in [0.29, 0.717) is 26.0 Å². The van der Waals surface area contributed by atoms with Gasteiger partial charge in [0.05, 0.1) is 36.3 Å². The highest BCUT2D eigenvalue weighted by Crippen LogP contribution is 2.36. The van der Waals surface area contributed by atoms with Crippen LogP contribution in [0.2, 0.25) is 0 Å². The van der Waals surface area contributed by atoms with Crippen LogP contribution in [0.25, 0.3) is 0 Å². The molecule has 3 amide bonds. The molecular formula is C32H47N5O8S. The number of amides is 3. The van der Waals surface area contributed by atoms with E-state index in [0.717, 1.165) is 5.56 Å². The van der Waals surface area contributed by atoms with Gasteiger partial charge in [-0.3, -0.25) is 4.90 Å². The molecule has 5 atom stereocenters. The first kappa shape index (κ1) is 35.4. The van der Waals surface area contributed by atoms with Gasteiger partial charge < -0.3 is 35.6 Å². The molecular weight excluding hydrogens is 614 g/mol. The number of rotatable bonds is 14. The lowest BCUT2D eigenvalue weighted by Gasteiger charge is -2.40. The number of aliphatic hydroxyl groups is 1. The number of aliphatic hydroxyl groups excluding tert-OH is 1. The molecule has 254 valence electrons. The van der Waals surface area contributed by atoms with Crippen LogP contribution in [0.1, 0.15) is 32.3 Å². The van der Waals surface area contributed by atoms with Crippen LogP contribution in [-0.2, 0) is 25.9 Å². The number of nitrogens with one attached hydrogen (secondary N) is 1. The zero-order valence-corrected chi connectivity index (χ0v) is 27.7. The van der Waals surface area contributed by atoms with Crippen molar-refractivity contribution in [2.24, 2.45) is 11.3 Å². The smallest absolute Gasteiger partial charge is 0.407 e. The average Bonchev–Trinajstić information content (AvgIpc) is 3.61. The zero-order chi connectivity index (χ0) is 33.6. The number of sulfonamides is 1. The van der Waals surface area contributed by atoms with E-state index < -0.39 is 46.0 Å². The van der Waals surface area contributed by atoms with Gasteiger partial charge in [0.2, 0.25) is 10.0 Å². The third kappa shape index (κ3) is 8.68. The number of urea groups is 1. The fraction of sp³-hybridized carbons (Fsp3) is 0.562. The second kappa shape index (κ2) is 15.0. The number of carbonyl (C=O) groups excluding carboxylic acids is 1. The van der Waals surface area contributed by atoms with Gasteiger partial charge in [0, 0.05) is 45.3 Å². The van der Waals surface area contributed by atoms with Crippen molar-refractivity contribution in [2.75, 3.05) is 52.7 Å². The van der Waals surface area contributed by atoms with E-state index in [2.05, 4.69) is 5.32 Å². The minimum absolute atomic E-state index is 0.0186. The lowest BCUT2D eigenvalue weighted by molar-refractivity contribution is -0.0906. The van der Waals surface area contributed by atoms with Gasteiger partial charge in [0.1, 0.15) is 0 Å². The Balaban J connectivity index is 1.67. The number of nitrogen functional groups attached to an aromatic ring is 1. The Bertz CT molecular complexity index is 1440. The van der Waals surface area contributed by atoms with Crippen molar-refractivity contribution >= 4 is 27.8 Å². The Morgan fingerprint density at radius 2 is 1.83 bits per heavy atom. The Labute approximate surface area is 271 Å². The van der Waals surface area contributed by atoms with Crippen molar-refractivity contribution in [1.82, 2.24) is 19.4 Å². The molecule has 2 aromatic rings. The van der Waals surface area contributed by atoms with E-state index in [4.69, 9.17) is 15.2 Å². The quantitative estimate of drug-likeness (QED) is 0.222. The number of carboxylic acid groups (broad SMARTS) is 1. The van der Waals surface area contributed by atoms with Crippen molar-refractivity contribution in [3.63, 3.8) is 0 Å². The molecule has 4 rings (SSSR count). The van der Waals surface area contributed by atoms with E-state index in [9.17, 15) is 28.2 Å². The summed E-state index contributed by atoms with van der Waals surface area (Å²) >= 11 is 0. The summed E-state index contributed by atoms with van der Waals surface area (Å²) in [6.07, 6.45) is -1.98. The summed E-state index contributed by atoms with van der Waals surface area (Å²) in [4.78, 5) is 27.6. The Morgan fingerprint density at radius 1 is 1.11 bits per heavy atom. The molecule has 0 spiro atoms. The molecule has 0 radical (unpaired) electrons. The molecule has 46 heavy (non-hydrogen) atoms. The van der Waals surface area contributed by atoms with Crippen molar-refractivity contribution in [2.45, 2.75) is 62.5 Å². The lowest BCUT2D eigenvalue weighted by Crippen LogP contribution is -2.58. The monoisotopic (exact) mass is 661 g/mol. The second-order valence-electron chi connectivity index (χ2n) is 13.0. The Kier molecular flexibility index (Phi) is 11.5. The van der Waals surface area contributed by atoms with E-state index in [1.807, 2.05) is 44.2 Å². The SMILES string of the molecule is CN(C)C(=O)NCCC(C)(C)CN(C[C@@H](O)[C@H](Cc1ccccc1)N(C(=O)O)[C@H]1CO[C@H]2OCC[C@H]21)S(=O)(=O)c1cccc(N)c1. The highest BCUT2D eigenvalue weighted by atomic mass is 32.2. The van der Waals surface area contributed by atoms with Gasteiger partial charge in [-0.2, -0.15) is 4.31 Å². The molecule has 2 fully saturated rings. The van der Waals surface area contributed by atoms with Crippen LogP contribution >= 0.6 is 0 Å². The van der Waals surface area contributed by atoms with E-state index in [1.54, 1.807) is 26.2 Å². The largest absolute Gasteiger partial charge is 0.465 e. The van der Waals surface area contributed by atoms with E-state index in [1.165, 1.54) is 26.2 Å². The fourth-order valence-electron chi connectivity index (χ4n) is 6.16. The van der Waals surface area contributed by atoms with E-state index in [-0.39, 0.29) is 48.6 Å². The summed E-state index contributed by atoms with van der Waals surface area (Å²) in [5, 5.41) is 25.3. The van der Waals surface area contributed by atoms with Crippen LogP contribution < -0.4 is 11.1 Å². The van der Waals surface area contributed by atoms with Crippen LogP contribution in [0.3, 0.4) is 0 Å². The summed E-state index contributed by atoms with van der Waals surface area (Å²) in [6, 6.07) is 13.3. The molecule has 5 N–H and O–H groups in total. The molecule has 2 aliphatic rings. The molecule has 2 saturated heterocycles. The maximum absolute atomic E-state index is 14.2. The molecule has 14 heteroatoms. The number of benzene rings is 2. The van der Waals surface area contributed by atoms with Gasteiger partial charge in [0.15, 0.2) is 6.29 Å². The van der Waals surface area contributed by atoms with Crippen LogP contribution in [0.4, 0.5) is 15.3 Å². The number of nitrogens with zero attached hydrogens (tertiary/aromatic N) is 3. The lowest BCUT2D eigenvalue weighted by atomic mass is 9.89. The fourth-order valence-corrected chi connectivity index (χ4v) is 7.86. The van der Waals surface area contributed by atoms with Gasteiger partial charge in [-0.05, 0) is 48.4 Å². The minimum Gasteiger partial charge on any atom is -0.465 e. The normalized spacial score (nSPS) is 21.0. The maximum Gasteiger partial charge on any atom is 0.407 e. The van der Waals surface area contributed by atoms with Crippen molar-refractivity contribution in [3.05, 3.63) is 60.2 Å². The number of hydrogen-bond donors (Lipinski definition) is 4. The summed E-state index contributed by atoms with van der Waals surface area (Å²) in [7, 11) is -0.944. The summed E-state index contributed by atoms with van der Waals surface area (Å²) < 4.78 is 41.0. The van der Waals surface area contributed by atoms with Crippen LogP contribution in [0, 0.1) is 11.3 Å². The topological polar surface area (TPSA) is 175 Å². The zero-order valence-electron chi connectivity index (χ0n) is 26.9. The summed E-state index contributed by atoms with van der Waals surface area (Å²) in [6.45, 7) is 4.21. The first-order valence-corrected chi connectivity index (χ1v) is 16.9. The number of fused-ring (bicyclic) bond motifs is 1. The third-order valence-corrected chi connectivity index (χ3v) is 10.5. The molecule has 0 unspecified atom stereocenters. The van der Waals surface area contributed by atoms with E-state index >= 15 is 0 Å². The molecule has 0 aromatic heterocycles. The van der Waals surface area contributed by atoms with Gasteiger partial charge in [0.25, 0.3) is 0 Å². The predicted molar refractivity (Wildman–Crippen MR) is 172 cm³/mol. The summed E-state index contributed by atoms with van der Waals surface area (Å²) in [5.74, 6) is -0.204. The van der Waals surface area contributed by atoms with Crippen LogP contribution in [-0.4, -0.2) is 116 Å². The molecule has 0 saturated carbocycles. The van der Waals surface area contributed by atoms with Crippen LogP contribution in [0.5, 0.6) is 0 Å². The molecule has 13 nitrogen and oxygen atoms in total. The van der Waals surface area contributed by atoms with Gasteiger partial charge in [-0.15, -0.1) is 0 Å². The number of anilines is 1. The van der Waals surface area contributed by atoms with Crippen LogP contribution in [0.15, 0.2) is 59.5 Å². The number of ether oxygens (including phenoxy) is 2. The van der Waals surface area contributed by atoms with Gasteiger partial charge in [-0.1, -0.05) is 50.2 Å². The van der Waals surface area contributed by atoms with Crippen molar-refractivity contribution in [1.29, 1.82) is 0 Å². The highest BCUT2D eigenvalue weighted by Gasteiger charge is 2.49. The number of hydrogen-bond acceptors (Lipinski definition) is 8. The molecule has 0 aliphatic carbocycles. The molecule has 2 aliphatic heterocycles. The molecule has 0 bridgehead atoms. The molecule has 2 heterocycles. The minimum atomic E-state index is -4.21. The highest BCUT2D eigenvalue weighted by molar-refractivity contribution is 7.89. The standard InChI is InChI=1S/C32H47N5O8S/c1-32(2,14-15-34-30(39)35(3)4)21-36(46(42,43)24-12-8-11-23(33)18-24)19-28(38)26(17-22-9-6-5-7-10-22)37(31(40)41)27-20-45-29-25(27)13-16-44-29/h5-12,18,25-29,38H,13-17,19-21,33H2,1-4H3,(H,34,39)(H,40,41)/t25-,26-,27-,28+,29+/m0/s1. The Morgan fingerprint density at radius 3 is 2.48 bits per heavy atom. The van der Waals surface area contributed by atoms with Crippen molar-refractivity contribution in [3.8, 4) is 0 Å². The third-order valence-electron chi connectivity index (χ3n) is 8.65. The first-order valence-electron chi connectivity index (χ1n) is 15.5.